The van der Waals surface area contributed by atoms with Gasteiger partial charge in [-0.3, -0.25) is 4.57 Å². The van der Waals surface area contributed by atoms with Gasteiger partial charge in [0.15, 0.2) is 29.0 Å². The minimum Gasteiger partial charge on any atom is -0.453 e. The highest BCUT2D eigenvalue weighted by atomic mass is 16.5. The van der Waals surface area contributed by atoms with Crippen molar-refractivity contribution in [2.24, 2.45) is 0 Å². The Morgan fingerprint density at radius 1 is 0.571 bits per heavy atom. The predicted molar refractivity (Wildman–Crippen MR) is 136 cm³/mol. The zero-order valence-corrected chi connectivity index (χ0v) is 18.9. The number of imidazole rings is 1. The first kappa shape index (κ1) is 19.6. The minimum atomic E-state index is 0.593. The number of aryl methyl sites for hydroxylation is 1. The van der Waals surface area contributed by atoms with E-state index in [0.29, 0.717) is 17.5 Å². The normalized spacial score (nSPS) is 11.8. The summed E-state index contributed by atoms with van der Waals surface area (Å²) in [4.78, 5) is 19.2. The Labute approximate surface area is 201 Å². The predicted octanol–water partition coefficient (Wildman–Crippen LogP) is 6.63. The van der Waals surface area contributed by atoms with Crippen molar-refractivity contribution >= 4 is 11.0 Å². The first-order valence-electron chi connectivity index (χ1n) is 11.4. The van der Waals surface area contributed by atoms with Crippen molar-refractivity contribution in [3.63, 3.8) is 0 Å². The van der Waals surface area contributed by atoms with Crippen LogP contribution in [0.2, 0.25) is 0 Å². The van der Waals surface area contributed by atoms with Crippen molar-refractivity contribution in [3.8, 4) is 51.3 Å². The molecular weight excluding hydrogens is 434 g/mol. The highest BCUT2D eigenvalue weighted by Gasteiger charge is 2.23. The maximum atomic E-state index is 6.32. The van der Waals surface area contributed by atoms with Crippen molar-refractivity contribution in [3.05, 3.63) is 103 Å². The Morgan fingerprint density at radius 3 is 1.86 bits per heavy atom. The van der Waals surface area contributed by atoms with Gasteiger partial charge in [-0.05, 0) is 37.3 Å². The van der Waals surface area contributed by atoms with Crippen molar-refractivity contribution in [1.82, 2.24) is 24.5 Å². The zero-order chi connectivity index (χ0) is 23.4. The highest BCUT2D eigenvalue weighted by Crippen LogP contribution is 2.42. The number of hydrogen-bond acceptors (Lipinski definition) is 5. The molecule has 0 radical (unpaired) electrons. The SMILES string of the molecule is Cc1nc2cccc3c2n1-c1ccc(-c2nc(-c4ccccc4)nc(-c4ccccc4)n2)cc1O3. The zero-order valence-electron chi connectivity index (χ0n) is 18.9. The Morgan fingerprint density at radius 2 is 1.20 bits per heavy atom. The van der Waals surface area contributed by atoms with Crippen LogP contribution in [0.1, 0.15) is 5.82 Å². The fraction of sp³-hybridized carbons (Fsp3) is 0.0345. The van der Waals surface area contributed by atoms with Gasteiger partial charge in [-0.2, -0.15) is 0 Å². The van der Waals surface area contributed by atoms with Crippen molar-refractivity contribution in [2.75, 3.05) is 0 Å². The summed E-state index contributed by atoms with van der Waals surface area (Å²) in [6.45, 7) is 2.01. The maximum Gasteiger partial charge on any atom is 0.164 e. The molecule has 6 heteroatoms. The molecule has 0 atom stereocenters. The molecule has 7 rings (SSSR count). The number of rotatable bonds is 3. The molecule has 0 unspecified atom stereocenters. The molecule has 1 aliphatic rings. The number of fused-ring (bicyclic) bond motifs is 2. The number of aromatic nitrogens is 5. The maximum absolute atomic E-state index is 6.32. The molecule has 0 bridgehead atoms. The van der Waals surface area contributed by atoms with Crippen molar-refractivity contribution in [1.29, 1.82) is 0 Å². The summed E-state index contributed by atoms with van der Waals surface area (Å²) in [5.74, 6) is 4.30. The van der Waals surface area contributed by atoms with Crippen LogP contribution in [-0.4, -0.2) is 24.5 Å². The fourth-order valence-corrected chi connectivity index (χ4v) is 4.56. The summed E-state index contributed by atoms with van der Waals surface area (Å²) in [6.07, 6.45) is 0. The molecule has 6 aromatic rings. The van der Waals surface area contributed by atoms with Crippen LogP contribution in [0.5, 0.6) is 11.5 Å². The molecule has 0 amide bonds. The average molecular weight is 454 g/mol. The van der Waals surface area contributed by atoms with Gasteiger partial charge in [0.2, 0.25) is 0 Å². The van der Waals surface area contributed by atoms with Crippen LogP contribution in [0.15, 0.2) is 97.1 Å². The van der Waals surface area contributed by atoms with Crippen molar-refractivity contribution < 1.29 is 4.74 Å². The molecule has 0 fully saturated rings. The second kappa shape index (κ2) is 7.60. The molecule has 0 N–H and O–H groups in total. The van der Waals surface area contributed by atoms with E-state index < -0.39 is 0 Å². The third-order valence-corrected chi connectivity index (χ3v) is 6.19. The third kappa shape index (κ3) is 3.19. The largest absolute Gasteiger partial charge is 0.453 e. The van der Waals surface area contributed by atoms with Crippen LogP contribution >= 0.6 is 0 Å². The molecular formula is C29H19N5O. The van der Waals surface area contributed by atoms with E-state index >= 15 is 0 Å². The van der Waals surface area contributed by atoms with E-state index in [2.05, 4.69) is 4.57 Å². The second-order valence-electron chi connectivity index (χ2n) is 8.44. The number of nitrogens with zero attached hydrogens (tertiary/aromatic N) is 5. The number of para-hydroxylation sites is 1. The van der Waals surface area contributed by atoms with Gasteiger partial charge in [-0.15, -0.1) is 0 Å². The first-order valence-corrected chi connectivity index (χ1v) is 11.4. The lowest BCUT2D eigenvalue weighted by Gasteiger charge is -2.21. The van der Waals surface area contributed by atoms with Crippen LogP contribution < -0.4 is 4.74 Å². The molecule has 1 aliphatic heterocycles. The van der Waals surface area contributed by atoms with E-state index in [1.807, 2.05) is 104 Å². The van der Waals surface area contributed by atoms with Crippen LogP contribution in [0, 0.1) is 6.92 Å². The minimum absolute atomic E-state index is 0.593. The van der Waals surface area contributed by atoms with Crippen LogP contribution in [-0.2, 0) is 0 Å². The second-order valence-corrected chi connectivity index (χ2v) is 8.44. The first-order chi connectivity index (χ1) is 17.2. The van der Waals surface area contributed by atoms with Crippen LogP contribution in [0.25, 0.3) is 50.9 Å². The van der Waals surface area contributed by atoms with Crippen molar-refractivity contribution in [2.45, 2.75) is 6.92 Å². The molecule has 3 heterocycles. The van der Waals surface area contributed by atoms with Gasteiger partial charge >= 0.3 is 0 Å². The van der Waals surface area contributed by atoms with Gasteiger partial charge in [-0.25, -0.2) is 19.9 Å². The van der Waals surface area contributed by atoms with E-state index in [0.717, 1.165) is 50.7 Å². The number of hydrogen-bond donors (Lipinski definition) is 0. The number of ether oxygens (including phenoxy) is 1. The lowest BCUT2D eigenvalue weighted by atomic mass is 10.1. The number of benzene rings is 4. The van der Waals surface area contributed by atoms with E-state index in [4.69, 9.17) is 24.7 Å². The van der Waals surface area contributed by atoms with Gasteiger partial charge in [-0.1, -0.05) is 66.7 Å². The molecule has 0 aliphatic carbocycles. The van der Waals surface area contributed by atoms with Gasteiger partial charge in [0.1, 0.15) is 11.3 Å². The molecule has 0 saturated heterocycles. The molecule has 6 nitrogen and oxygen atoms in total. The van der Waals surface area contributed by atoms with Gasteiger partial charge in [0, 0.05) is 16.7 Å². The summed E-state index contributed by atoms with van der Waals surface area (Å²) < 4.78 is 8.47. The summed E-state index contributed by atoms with van der Waals surface area (Å²) in [6, 6.07) is 32.0. The standard InChI is InChI=1S/C29H19N5O/c1-18-30-22-13-8-14-24-26(22)34(18)23-16-15-21(17-25(23)35-24)29-32-27(19-9-4-2-5-10-19)31-28(33-29)20-11-6-3-7-12-20/h2-17H,1H3. The average Bonchev–Trinajstić information content (AvgIpc) is 3.26. The Hall–Kier alpha value is -4.84. The molecule has 166 valence electrons. The Kier molecular flexibility index (Phi) is 4.26. The molecule has 0 saturated carbocycles. The summed E-state index contributed by atoms with van der Waals surface area (Å²) >= 11 is 0. The topological polar surface area (TPSA) is 65.7 Å². The monoisotopic (exact) mass is 453 g/mol. The van der Waals surface area contributed by atoms with Crippen LogP contribution in [0.4, 0.5) is 0 Å². The van der Waals surface area contributed by atoms with Gasteiger partial charge in [0.25, 0.3) is 0 Å². The Bertz CT molecular complexity index is 1670. The van der Waals surface area contributed by atoms with E-state index in [1.165, 1.54) is 0 Å². The quantitative estimate of drug-likeness (QED) is 0.301. The lowest BCUT2D eigenvalue weighted by molar-refractivity contribution is 0.475. The third-order valence-electron chi connectivity index (χ3n) is 6.19. The molecule has 4 aromatic carbocycles. The highest BCUT2D eigenvalue weighted by molar-refractivity contribution is 5.87. The summed E-state index contributed by atoms with van der Waals surface area (Å²) in [5.41, 5.74) is 5.60. The molecule has 2 aromatic heterocycles. The molecule has 35 heavy (non-hydrogen) atoms. The lowest BCUT2D eigenvalue weighted by Crippen LogP contribution is -2.06. The van der Waals surface area contributed by atoms with Gasteiger partial charge < -0.3 is 4.74 Å². The summed E-state index contributed by atoms with van der Waals surface area (Å²) in [7, 11) is 0. The smallest absolute Gasteiger partial charge is 0.164 e. The van der Waals surface area contributed by atoms with E-state index in [-0.39, 0.29) is 0 Å². The van der Waals surface area contributed by atoms with Crippen LogP contribution in [0.3, 0.4) is 0 Å². The summed E-state index contributed by atoms with van der Waals surface area (Å²) in [5, 5.41) is 0. The van der Waals surface area contributed by atoms with E-state index in [9.17, 15) is 0 Å². The van der Waals surface area contributed by atoms with Gasteiger partial charge in [0.05, 0.1) is 11.2 Å². The molecule has 0 spiro atoms. The fourth-order valence-electron chi connectivity index (χ4n) is 4.56. The Balaban J connectivity index is 1.41. The van der Waals surface area contributed by atoms with E-state index in [1.54, 1.807) is 0 Å².